The number of hydrogen-bond donors (Lipinski definition) is 1. The molecule has 0 atom stereocenters. The number of thiocarbonyl (C=S) groups is 1. The van der Waals surface area contributed by atoms with Gasteiger partial charge in [0, 0.05) is 35.8 Å². The molecule has 0 spiro atoms. The van der Waals surface area contributed by atoms with Gasteiger partial charge < -0.3 is 4.57 Å². The Kier molecular flexibility index (Phi) is 5.62. The Balaban J connectivity index is 1.62. The van der Waals surface area contributed by atoms with Gasteiger partial charge in [0.15, 0.2) is 5.11 Å². The highest BCUT2D eigenvalue weighted by Crippen LogP contribution is 2.26. The largest absolute Gasteiger partial charge is 0.347 e. The maximum absolute atomic E-state index is 13.1. The second-order valence-corrected chi connectivity index (χ2v) is 7.91. The molecular weight excluding hydrogens is 382 g/mol. The highest BCUT2D eigenvalue weighted by atomic mass is 32.1. The standard InChI is InChI=1S/C23H25N3O2S/c1-2-25-15-17(18-10-6-7-11-20(18)25)14-19-21(27)24-23(29)26(22(19)28)13-12-16-8-4-3-5-9-16/h6-8,10-11,14-15H,2-5,9,12-13H2,1H3,(H,24,27,29). The van der Waals surface area contributed by atoms with Gasteiger partial charge in [0.05, 0.1) is 0 Å². The lowest BCUT2D eigenvalue weighted by Crippen LogP contribution is -2.54. The van der Waals surface area contributed by atoms with Gasteiger partial charge in [-0.3, -0.25) is 19.8 Å². The molecule has 1 aliphatic heterocycles. The fraction of sp³-hybridized carbons (Fsp3) is 0.348. The third kappa shape index (κ3) is 3.90. The van der Waals surface area contributed by atoms with Crippen molar-refractivity contribution in [2.24, 2.45) is 0 Å². The number of para-hydroxylation sites is 1. The zero-order chi connectivity index (χ0) is 20.4. The monoisotopic (exact) mass is 407 g/mol. The minimum atomic E-state index is -0.429. The van der Waals surface area contributed by atoms with Crippen molar-refractivity contribution in [2.75, 3.05) is 6.54 Å². The van der Waals surface area contributed by atoms with Gasteiger partial charge in [0.25, 0.3) is 11.8 Å². The zero-order valence-electron chi connectivity index (χ0n) is 16.6. The molecule has 2 heterocycles. The molecule has 5 nitrogen and oxygen atoms in total. The van der Waals surface area contributed by atoms with Crippen molar-refractivity contribution in [3.05, 3.63) is 53.2 Å². The summed E-state index contributed by atoms with van der Waals surface area (Å²) < 4.78 is 2.12. The Morgan fingerprint density at radius 2 is 2.03 bits per heavy atom. The van der Waals surface area contributed by atoms with Crippen LogP contribution < -0.4 is 5.32 Å². The molecule has 1 saturated heterocycles. The van der Waals surface area contributed by atoms with E-state index in [1.165, 1.54) is 23.3 Å². The summed E-state index contributed by atoms with van der Waals surface area (Å²) >= 11 is 5.29. The van der Waals surface area contributed by atoms with Gasteiger partial charge in [0.1, 0.15) is 5.57 Å². The lowest BCUT2D eigenvalue weighted by molar-refractivity contribution is -0.128. The molecule has 1 N–H and O–H groups in total. The SMILES string of the molecule is CCn1cc(C=C2C(=O)NC(=S)N(CCC3=CCCCC3)C2=O)c2ccccc21. The number of fused-ring (bicyclic) bond motifs is 1. The quantitative estimate of drug-likeness (QED) is 0.350. The van der Waals surface area contributed by atoms with Crippen LogP contribution in [0.25, 0.3) is 17.0 Å². The average molecular weight is 408 g/mol. The number of allylic oxidation sites excluding steroid dienone is 1. The molecule has 1 fully saturated rings. The van der Waals surface area contributed by atoms with Gasteiger partial charge in [0.2, 0.25) is 0 Å². The molecule has 0 bridgehead atoms. The topological polar surface area (TPSA) is 54.3 Å². The summed E-state index contributed by atoms with van der Waals surface area (Å²) in [6.45, 7) is 3.38. The first-order valence-corrected chi connectivity index (χ1v) is 10.6. The van der Waals surface area contributed by atoms with Crippen molar-refractivity contribution in [1.82, 2.24) is 14.8 Å². The zero-order valence-corrected chi connectivity index (χ0v) is 17.4. The van der Waals surface area contributed by atoms with Crippen LogP contribution in [0.4, 0.5) is 0 Å². The molecule has 4 rings (SSSR count). The lowest BCUT2D eigenvalue weighted by atomic mass is 9.97. The number of benzene rings is 1. The van der Waals surface area contributed by atoms with Crippen molar-refractivity contribution >= 4 is 46.1 Å². The summed E-state index contributed by atoms with van der Waals surface area (Å²) in [5.74, 6) is -0.745. The lowest BCUT2D eigenvalue weighted by Gasteiger charge is -2.29. The maximum Gasteiger partial charge on any atom is 0.265 e. The molecule has 150 valence electrons. The molecule has 0 radical (unpaired) electrons. The molecule has 2 aliphatic rings. The number of rotatable bonds is 5. The van der Waals surface area contributed by atoms with Crippen LogP contribution in [0.15, 0.2) is 47.7 Å². The summed E-state index contributed by atoms with van der Waals surface area (Å²) in [7, 11) is 0. The van der Waals surface area contributed by atoms with Crippen LogP contribution in [0, 0.1) is 0 Å². The highest BCUT2D eigenvalue weighted by molar-refractivity contribution is 7.80. The van der Waals surface area contributed by atoms with Crippen LogP contribution in [0.5, 0.6) is 0 Å². The van der Waals surface area contributed by atoms with Crippen LogP contribution in [0.1, 0.15) is 44.6 Å². The number of carbonyl (C=O) groups is 2. The number of nitrogens with one attached hydrogen (secondary N) is 1. The molecule has 1 aromatic carbocycles. The number of aryl methyl sites for hydroxylation is 1. The van der Waals surface area contributed by atoms with E-state index in [-0.39, 0.29) is 16.6 Å². The first kappa shape index (κ1) is 19.6. The molecule has 0 saturated carbocycles. The first-order chi connectivity index (χ1) is 14.1. The average Bonchev–Trinajstić information content (AvgIpc) is 3.09. The molecule has 1 aromatic heterocycles. The second-order valence-electron chi connectivity index (χ2n) is 7.52. The van der Waals surface area contributed by atoms with Gasteiger partial charge in [-0.25, -0.2) is 0 Å². The Morgan fingerprint density at radius 3 is 2.79 bits per heavy atom. The van der Waals surface area contributed by atoms with E-state index in [2.05, 4.69) is 22.9 Å². The molecular formula is C23H25N3O2S. The number of hydrogen-bond acceptors (Lipinski definition) is 3. The van der Waals surface area contributed by atoms with Crippen LogP contribution in [-0.4, -0.2) is 32.9 Å². The van der Waals surface area contributed by atoms with E-state index in [1.54, 1.807) is 6.08 Å². The summed E-state index contributed by atoms with van der Waals surface area (Å²) in [4.78, 5) is 27.2. The molecule has 6 heteroatoms. The number of nitrogens with zero attached hydrogens (tertiary/aromatic N) is 2. The van der Waals surface area contributed by atoms with E-state index >= 15 is 0 Å². The van der Waals surface area contributed by atoms with E-state index in [4.69, 9.17) is 12.2 Å². The predicted molar refractivity (Wildman–Crippen MR) is 119 cm³/mol. The van der Waals surface area contributed by atoms with Crippen molar-refractivity contribution in [1.29, 1.82) is 0 Å². The van der Waals surface area contributed by atoms with Gasteiger partial charge in [-0.05, 0) is 63.4 Å². The third-order valence-corrected chi connectivity index (χ3v) is 6.01. The van der Waals surface area contributed by atoms with Gasteiger partial charge in [-0.2, -0.15) is 0 Å². The van der Waals surface area contributed by atoms with E-state index in [0.29, 0.717) is 6.54 Å². The third-order valence-electron chi connectivity index (χ3n) is 5.69. The normalized spacial score (nSPS) is 19.1. The number of carbonyl (C=O) groups excluding carboxylic acids is 2. The van der Waals surface area contributed by atoms with Gasteiger partial charge in [-0.15, -0.1) is 0 Å². The van der Waals surface area contributed by atoms with Gasteiger partial charge >= 0.3 is 0 Å². The van der Waals surface area contributed by atoms with Crippen molar-refractivity contribution in [3.63, 3.8) is 0 Å². The summed E-state index contributed by atoms with van der Waals surface area (Å²) in [5.41, 5.74) is 3.46. The molecule has 1 aliphatic carbocycles. The van der Waals surface area contributed by atoms with Crippen molar-refractivity contribution < 1.29 is 9.59 Å². The fourth-order valence-corrected chi connectivity index (χ4v) is 4.36. The highest BCUT2D eigenvalue weighted by Gasteiger charge is 2.33. The van der Waals surface area contributed by atoms with Crippen LogP contribution in [0.2, 0.25) is 0 Å². The Labute approximate surface area is 176 Å². The fourth-order valence-electron chi connectivity index (χ4n) is 4.09. The summed E-state index contributed by atoms with van der Waals surface area (Å²) in [6, 6.07) is 8.01. The number of amides is 2. The van der Waals surface area contributed by atoms with E-state index in [0.717, 1.165) is 42.3 Å². The summed E-state index contributed by atoms with van der Waals surface area (Å²) in [5, 5.41) is 3.91. The Morgan fingerprint density at radius 1 is 1.21 bits per heavy atom. The van der Waals surface area contributed by atoms with Crippen LogP contribution in [-0.2, 0) is 16.1 Å². The maximum atomic E-state index is 13.1. The molecule has 2 amide bonds. The van der Waals surface area contributed by atoms with E-state index < -0.39 is 5.91 Å². The van der Waals surface area contributed by atoms with Gasteiger partial charge in [-0.1, -0.05) is 29.8 Å². The Bertz CT molecular complexity index is 1050. The predicted octanol–water partition coefficient (Wildman–Crippen LogP) is 4.18. The molecule has 0 unspecified atom stereocenters. The number of aromatic nitrogens is 1. The first-order valence-electron chi connectivity index (χ1n) is 10.2. The molecule has 29 heavy (non-hydrogen) atoms. The Hall–Kier alpha value is -2.73. The minimum Gasteiger partial charge on any atom is -0.347 e. The van der Waals surface area contributed by atoms with E-state index in [1.807, 2.05) is 30.5 Å². The molecule has 2 aromatic rings. The minimum absolute atomic E-state index is 0.134. The second kappa shape index (κ2) is 8.33. The smallest absolute Gasteiger partial charge is 0.265 e. The van der Waals surface area contributed by atoms with Crippen molar-refractivity contribution in [3.8, 4) is 0 Å². The van der Waals surface area contributed by atoms with Crippen molar-refractivity contribution in [2.45, 2.75) is 45.6 Å². The van der Waals surface area contributed by atoms with Crippen LogP contribution in [0.3, 0.4) is 0 Å². The van der Waals surface area contributed by atoms with Crippen LogP contribution >= 0.6 is 12.2 Å². The summed E-state index contributed by atoms with van der Waals surface area (Å²) in [6.07, 6.45) is 11.4. The van der Waals surface area contributed by atoms with E-state index in [9.17, 15) is 9.59 Å².